The van der Waals surface area contributed by atoms with Crippen molar-refractivity contribution in [1.29, 1.82) is 0 Å². The van der Waals surface area contributed by atoms with Crippen molar-refractivity contribution in [3.63, 3.8) is 0 Å². The molecule has 0 spiro atoms. The summed E-state index contributed by atoms with van der Waals surface area (Å²) in [5, 5.41) is 12.2. The van der Waals surface area contributed by atoms with Gasteiger partial charge in [-0.05, 0) is 36.6 Å². The van der Waals surface area contributed by atoms with E-state index in [-0.39, 0.29) is 11.9 Å². The lowest BCUT2D eigenvalue weighted by atomic mass is 10.1. The van der Waals surface area contributed by atoms with Crippen LogP contribution in [0.3, 0.4) is 0 Å². The molecule has 0 aliphatic carbocycles. The Hall–Kier alpha value is -2.73. The summed E-state index contributed by atoms with van der Waals surface area (Å²) in [5.74, 6) is 0.0602. The maximum atomic E-state index is 11.8. The average Bonchev–Trinajstić information content (AvgIpc) is 3.17. The molecule has 0 bridgehead atoms. The molecule has 2 heterocycles. The van der Waals surface area contributed by atoms with E-state index in [4.69, 9.17) is 4.42 Å². The fraction of sp³-hybridized carbons (Fsp3) is 0.0625. The number of nitrogens with one attached hydrogen (secondary N) is 1. The fourth-order valence-electron chi connectivity index (χ4n) is 1.78. The van der Waals surface area contributed by atoms with Gasteiger partial charge in [0, 0.05) is 16.5 Å². The number of nitrogens with zero attached hydrogens (tertiary/aromatic N) is 2. The van der Waals surface area contributed by atoms with Crippen LogP contribution in [0.4, 0.5) is 6.01 Å². The van der Waals surface area contributed by atoms with E-state index in [0.717, 1.165) is 16.0 Å². The second-order valence-electron chi connectivity index (χ2n) is 4.62. The highest BCUT2D eigenvalue weighted by atomic mass is 32.1. The Bertz CT molecular complexity index is 789. The molecule has 22 heavy (non-hydrogen) atoms. The summed E-state index contributed by atoms with van der Waals surface area (Å²) in [4.78, 5) is 12.8. The molecule has 1 aromatic carbocycles. The van der Waals surface area contributed by atoms with Gasteiger partial charge in [0.05, 0.1) is 0 Å². The molecule has 0 atom stereocenters. The molecule has 0 saturated heterocycles. The van der Waals surface area contributed by atoms with Crippen LogP contribution in [0, 0.1) is 6.92 Å². The van der Waals surface area contributed by atoms with E-state index in [0.29, 0.717) is 5.89 Å². The number of aryl methyl sites for hydroxylation is 1. The average molecular weight is 311 g/mol. The van der Waals surface area contributed by atoms with E-state index in [2.05, 4.69) is 15.5 Å². The second kappa shape index (κ2) is 6.36. The molecule has 0 aliphatic heterocycles. The summed E-state index contributed by atoms with van der Waals surface area (Å²) >= 11 is 1.56. The normalized spacial score (nSPS) is 11.0. The Morgan fingerprint density at radius 2 is 2.05 bits per heavy atom. The van der Waals surface area contributed by atoms with Gasteiger partial charge in [0.15, 0.2) is 0 Å². The van der Waals surface area contributed by atoms with Crippen LogP contribution in [0.5, 0.6) is 0 Å². The minimum atomic E-state index is -0.312. The van der Waals surface area contributed by atoms with Gasteiger partial charge in [0.1, 0.15) is 0 Å². The van der Waals surface area contributed by atoms with E-state index in [1.54, 1.807) is 17.4 Å². The monoisotopic (exact) mass is 311 g/mol. The first-order valence-corrected chi connectivity index (χ1v) is 7.52. The standard InChI is InChI=1S/C16H13N3O2S/c1-11-4-6-12(7-5-11)15-18-19-16(21-15)17-14(20)9-8-13-3-2-10-22-13/h2-10H,1H3,(H,17,19,20)/b9-8+. The lowest BCUT2D eigenvalue weighted by Crippen LogP contribution is -2.07. The van der Waals surface area contributed by atoms with Crippen molar-refractivity contribution in [2.75, 3.05) is 5.32 Å². The van der Waals surface area contributed by atoms with Crippen molar-refractivity contribution < 1.29 is 9.21 Å². The molecule has 1 amide bonds. The number of hydrogen-bond acceptors (Lipinski definition) is 5. The Kier molecular flexibility index (Phi) is 4.11. The largest absolute Gasteiger partial charge is 0.403 e. The number of benzene rings is 1. The number of amides is 1. The Morgan fingerprint density at radius 1 is 1.23 bits per heavy atom. The van der Waals surface area contributed by atoms with E-state index in [1.165, 1.54) is 6.08 Å². The van der Waals surface area contributed by atoms with Crippen molar-refractivity contribution in [1.82, 2.24) is 10.2 Å². The van der Waals surface area contributed by atoms with Gasteiger partial charge in [-0.15, -0.1) is 16.4 Å². The lowest BCUT2D eigenvalue weighted by Gasteiger charge is -1.96. The predicted octanol–water partition coefficient (Wildman–Crippen LogP) is 3.76. The zero-order valence-electron chi connectivity index (χ0n) is 11.8. The predicted molar refractivity (Wildman–Crippen MR) is 86.5 cm³/mol. The van der Waals surface area contributed by atoms with Gasteiger partial charge in [-0.3, -0.25) is 10.1 Å². The smallest absolute Gasteiger partial charge is 0.322 e. The third kappa shape index (κ3) is 3.48. The molecule has 0 radical (unpaired) electrons. The minimum Gasteiger partial charge on any atom is -0.403 e. The van der Waals surface area contributed by atoms with Crippen LogP contribution >= 0.6 is 11.3 Å². The number of hydrogen-bond donors (Lipinski definition) is 1. The molecule has 1 N–H and O–H groups in total. The zero-order chi connectivity index (χ0) is 15.4. The molecule has 6 heteroatoms. The first-order chi connectivity index (χ1) is 10.7. The topological polar surface area (TPSA) is 68.0 Å². The van der Waals surface area contributed by atoms with Crippen LogP contribution in [0.25, 0.3) is 17.5 Å². The fourth-order valence-corrected chi connectivity index (χ4v) is 2.40. The summed E-state index contributed by atoms with van der Waals surface area (Å²) in [6.07, 6.45) is 3.17. The second-order valence-corrected chi connectivity index (χ2v) is 5.60. The van der Waals surface area contributed by atoms with Crippen molar-refractivity contribution in [2.45, 2.75) is 6.92 Å². The lowest BCUT2D eigenvalue weighted by molar-refractivity contribution is -0.112. The van der Waals surface area contributed by atoms with E-state index >= 15 is 0 Å². The molecular formula is C16H13N3O2S. The Labute approximate surface area is 131 Å². The van der Waals surface area contributed by atoms with Crippen molar-refractivity contribution >= 4 is 29.3 Å². The van der Waals surface area contributed by atoms with E-state index in [1.807, 2.05) is 48.7 Å². The van der Waals surface area contributed by atoms with Gasteiger partial charge >= 0.3 is 6.01 Å². The van der Waals surface area contributed by atoms with Gasteiger partial charge in [0.2, 0.25) is 5.89 Å². The maximum Gasteiger partial charge on any atom is 0.322 e. The van der Waals surface area contributed by atoms with Crippen LogP contribution in [0.15, 0.2) is 52.3 Å². The number of aromatic nitrogens is 2. The highest BCUT2D eigenvalue weighted by Gasteiger charge is 2.09. The van der Waals surface area contributed by atoms with Crippen LogP contribution in [-0.2, 0) is 4.79 Å². The van der Waals surface area contributed by atoms with Crippen LogP contribution in [-0.4, -0.2) is 16.1 Å². The van der Waals surface area contributed by atoms with E-state index < -0.39 is 0 Å². The molecule has 5 nitrogen and oxygen atoms in total. The number of anilines is 1. The highest BCUT2D eigenvalue weighted by molar-refractivity contribution is 7.10. The third-order valence-corrected chi connectivity index (χ3v) is 3.73. The number of thiophene rings is 1. The van der Waals surface area contributed by atoms with Gasteiger partial charge in [0.25, 0.3) is 5.91 Å². The quantitative estimate of drug-likeness (QED) is 0.745. The summed E-state index contributed by atoms with van der Waals surface area (Å²) in [6.45, 7) is 2.00. The number of carbonyl (C=O) groups excluding carboxylic acids is 1. The summed E-state index contributed by atoms with van der Waals surface area (Å²) in [5.41, 5.74) is 1.96. The summed E-state index contributed by atoms with van der Waals surface area (Å²) in [6, 6.07) is 11.6. The van der Waals surface area contributed by atoms with Crippen LogP contribution < -0.4 is 5.32 Å². The molecular weight excluding hydrogens is 298 g/mol. The van der Waals surface area contributed by atoms with Crippen molar-refractivity contribution in [3.8, 4) is 11.5 Å². The molecule has 0 fully saturated rings. The Morgan fingerprint density at radius 3 is 2.77 bits per heavy atom. The first kappa shape index (κ1) is 14.2. The number of rotatable bonds is 4. The number of carbonyl (C=O) groups is 1. The SMILES string of the molecule is Cc1ccc(-c2nnc(NC(=O)/C=C/c3cccs3)o2)cc1. The molecule has 2 aromatic heterocycles. The van der Waals surface area contributed by atoms with Gasteiger partial charge in [-0.25, -0.2) is 0 Å². The summed E-state index contributed by atoms with van der Waals surface area (Å²) in [7, 11) is 0. The molecule has 3 rings (SSSR count). The zero-order valence-corrected chi connectivity index (χ0v) is 12.6. The van der Waals surface area contributed by atoms with E-state index in [9.17, 15) is 4.79 Å². The van der Waals surface area contributed by atoms with Crippen LogP contribution in [0.1, 0.15) is 10.4 Å². The third-order valence-electron chi connectivity index (χ3n) is 2.90. The maximum absolute atomic E-state index is 11.8. The first-order valence-electron chi connectivity index (χ1n) is 6.64. The van der Waals surface area contributed by atoms with Gasteiger partial charge < -0.3 is 4.42 Å². The molecule has 0 aliphatic rings. The van der Waals surface area contributed by atoms with Gasteiger partial charge in [-0.2, -0.15) is 0 Å². The van der Waals surface area contributed by atoms with Gasteiger partial charge in [-0.1, -0.05) is 28.9 Å². The summed E-state index contributed by atoms with van der Waals surface area (Å²) < 4.78 is 5.43. The molecule has 3 aromatic rings. The molecule has 0 saturated carbocycles. The highest BCUT2D eigenvalue weighted by Crippen LogP contribution is 2.20. The Balaban J connectivity index is 1.66. The van der Waals surface area contributed by atoms with Crippen LogP contribution in [0.2, 0.25) is 0 Å². The molecule has 0 unspecified atom stereocenters. The minimum absolute atomic E-state index is 0.0800. The van der Waals surface area contributed by atoms with Crippen molar-refractivity contribution in [3.05, 3.63) is 58.3 Å². The molecule has 110 valence electrons. The van der Waals surface area contributed by atoms with Crippen molar-refractivity contribution in [2.24, 2.45) is 0 Å².